The summed E-state index contributed by atoms with van der Waals surface area (Å²) < 4.78 is 17.9. The van der Waals surface area contributed by atoms with Crippen molar-refractivity contribution < 1.29 is 8.83 Å². The van der Waals surface area contributed by atoms with Gasteiger partial charge in [-0.3, -0.25) is 0 Å². The van der Waals surface area contributed by atoms with Crippen molar-refractivity contribution in [3.63, 3.8) is 0 Å². The number of aromatic nitrogens is 2. The molecule has 0 N–H and O–H groups in total. The average molecular weight is 689 g/mol. The van der Waals surface area contributed by atoms with Gasteiger partial charge >= 0.3 is 0 Å². The van der Waals surface area contributed by atoms with Crippen LogP contribution in [0.15, 0.2) is 179 Å². The van der Waals surface area contributed by atoms with E-state index in [1.165, 1.54) is 32.4 Å². The van der Waals surface area contributed by atoms with Crippen molar-refractivity contribution in [2.45, 2.75) is 0 Å². The maximum Gasteiger partial charge on any atom is 0.143 e. The van der Waals surface area contributed by atoms with Crippen LogP contribution in [0.4, 0.5) is 0 Å². The number of nitrogens with zero attached hydrogens (tertiary/aromatic N) is 2. The Morgan fingerprint density at radius 3 is 1.43 bits per heavy atom. The summed E-state index contributed by atoms with van der Waals surface area (Å²) >= 11 is 0. The standard InChI is InChI=1S/C50H28N2O2/c1-2-10-31(11-3-1)51-44-23-20-32(26-42(44)41-25-30-19-22-37-35-14-6-9-17-48(35)54-50(37)39(30)28-46(41)51)52-43-15-7-4-12-33(43)40-24-29-18-21-36-34-13-5-8-16-47(34)53-49(36)38(29)27-45(40)52/h1-28H. The topological polar surface area (TPSA) is 36.1 Å². The molecule has 0 saturated carbocycles. The molecule has 0 aliphatic heterocycles. The van der Waals surface area contributed by atoms with Gasteiger partial charge in [0.15, 0.2) is 0 Å². The van der Waals surface area contributed by atoms with Crippen molar-refractivity contribution in [2.75, 3.05) is 0 Å². The van der Waals surface area contributed by atoms with E-state index in [4.69, 9.17) is 8.83 Å². The first-order valence-corrected chi connectivity index (χ1v) is 18.4. The molecule has 0 atom stereocenters. The lowest BCUT2D eigenvalue weighted by Gasteiger charge is -2.11. The van der Waals surface area contributed by atoms with Crippen LogP contribution in [0.25, 0.3) is 120 Å². The fraction of sp³-hybridized carbons (Fsp3) is 0. The van der Waals surface area contributed by atoms with Crippen molar-refractivity contribution >= 4 is 109 Å². The van der Waals surface area contributed by atoms with Gasteiger partial charge in [0.05, 0.1) is 22.1 Å². The third-order valence-electron chi connectivity index (χ3n) is 11.7. The van der Waals surface area contributed by atoms with Crippen LogP contribution < -0.4 is 0 Å². The summed E-state index contributed by atoms with van der Waals surface area (Å²) in [4.78, 5) is 0. The second-order valence-corrected chi connectivity index (χ2v) is 14.5. The second-order valence-electron chi connectivity index (χ2n) is 14.5. The molecule has 0 fully saturated rings. The van der Waals surface area contributed by atoms with Gasteiger partial charge in [0, 0.05) is 65.2 Å². The molecular formula is C50H28N2O2. The Balaban J connectivity index is 1.13. The van der Waals surface area contributed by atoms with Crippen LogP contribution in [0.1, 0.15) is 0 Å². The summed E-state index contributed by atoms with van der Waals surface area (Å²) in [6.45, 7) is 0. The molecule has 0 amide bonds. The second kappa shape index (κ2) is 10.2. The lowest BCUT2D eigenvalue weighted by molar-refractivity contribution is 0.672. The summed E-state index contributed by atoms with van der Waals surface area (Å²) in [5.74, 6) is 0. The molecule has 4 aromatic heterocycles. The van der Waals surface area contributed by atoms with Crippen molar-refractivity contribution in [1.82, 2.24) is 9.13 Å². The van der Waals surface area contributed by atoms with Crippen LogP contribution in [-0.2, 0) is 0 Å². The van der Waals surface area contributed by atoms with E-state index in [2.05, 4.69) is 167 Å². The first-order chi connectivity index (χ1) is 26.8. The van der Waals surface area contributed by atoms with E-state index in [-0.39, 0.29) is 0 Å². The minimum absolute atomic E-state index is 0.911. The van der Waals surface area contributed by atoms with Gasteiger partial charge in [-0.15, -0.1) is 0 Å². The van der Waals surface area contributed by atoms with Crippen LogP contribution >= 0.6 is 0 Å². The molecule has 4 nitrogen and oxygen atoms in total. The van der Waals surface area contributed by atoms with Crippen LogP contribution in [0.5, 0.6) is 0 Å². The smallest absolute Gasteiger partial charge is 0.143 e. The fourth-order valence-electron chi connectivity index (χ4n) is 9.25. The van der Waals surface area contributed by atoms with Gasteiger partial charge in [-0.25, -0.2) is 0 Å². The number of benzene rings is 9. The highest BCUT2D eigenvalue weighted by Crippen LogP contribution is 2.43. The number of furan rings is 2. The van der Waals surface area contributed by atoms with E-state index in [1.54, 1.807) is 0 Å². The highest BCUT2D eigenvalue weighted by Gasteiger charge is 2.20. The Labute approximate surface area is 307 Å². The van der Waals surface area contributed by atoms with Gasteiger partial charge in [-0.05, 0) is 95.7 Å². The largest absolute Gasteiger partial charge is 0.455 e. The van der Waals surface area contributed by atoms with E-state index in [1.807, 2.05) is 12.1 Å². The number of rotatable bonds is 2. The molecule has 0 aliphatic carbocycles. The van der Waals surface area contributed by atoms with E-state index >= 15 is 0 Å². The van der Waals surface area contributed by atoms with Gasteiger partial charge in [0.25, 0.3) is 0 Å². The molecule has 4 heteroatoms. The molecule has 0 aliphatic rings. The average Bonchev–Trinajstić information content (AvgIpc) is 3.97. The summed E-state index contributed by atoms with van der Waals surface area (Å²) in [6, 6.07) is 61.2. The Morgan fingerprint density at radius 1 is 0.278 bits per heavy atom. The normalized spacial score (nSPS) is 12.4. The summed E-state index contributed by atoms with van der Waals surface area (Å²) in [6.07, 6.45) is 0. The Bertz CT molecular complexity index is 3730. The number of hydrogen-bond acceptors (Lipinski definition) is 2. The molecule has 9 aromatic carbocycles. The molecule has 4 heterocycles. The Hall–Kier alpha value is -7.30. The molecule has 0 radical (unpaired) electrons. The number of para-hydroxylation sites is 4. The summed E-state index contributed by atoms with van der Waals surface area (Å²) in [5.41, 5.74) is 10.6. The zero-order chi connectivity index (χ0) is 35.1. The van der Waals surface area contributed by atoms with Crippen LogP contribution in [0.2, 0.25) is 0 Å². The van der Waals surface area contributed by atoms with Crippen molar-refractivity contribution in [3.05, 3.63) is 170 Å². The third kappa shape index (κ3) is 3.66. The molecule has 13 rings (SSSR count). The maximum absolute atomic E-state index is 6.55. The molecule has 0 spiro atoms. The van der Waals surface area contributed by atoms with Gasteiger partial charge in [0.2, 0.25) is 0 Å². The number of fused-ring (bicyclic) bond motifs is 16. The van der Waals surface area contributed by atoms with Crippen molar-refractivity contribution in [2.24, 2.45) is 0 Å². The fourth-order valence-corrected chi connectivity index (χ4v) is 9.25. The molecule has 54 heavy (non-hydrogen) atoms. The van der Waals surface area contributed by atoms with E-state index in [9.17, 15) is 0 Å². The zero-order valence-electron chi connectivity index (χ0n) is 28.9. The van der Waals surface area contributed by atoms with Crippen LogP contribution in [0.3, 0.4) is 0 Å². The first-order valence-electron chi connectivity index (χ1n) is 18.4. The molecular weight excluding hydrogens is 661 g/mol. The molecule has 13 aromatic rings. The zero-order valence-corrected chi connectivity index (χ0v) is 28.9. The highest BCUT2D eigenvalue weighted by molar-refractivity contribution is 6.22. The molecule has 0 bridgehead atoms. The monoisotopic (exact) mass is 688 g/mol. The van der Waals surface area contributed by atoms with Gasteiger partial charge in [0.1, 0.15) is 22.3 Å². The summed E-state index contributed by atoms with van der Waals surface area (Å²) in [7, 11) is 0. The Kier molecular flexibility index (Phi) is 5.34. The van der Waals surface area contributed by atoms with E-state index in [0.717, 1.165) is 88.0 Å². The lowest BCUT2D eigenvalue weighted by Crippen LogP contribution is -1.95. The number of hydrogen-bond donors (Lipinski definition) is 0. The predicted molar refractivity (Wildman–Crippen MR) is 225 cm³/mol. The van der Waals surface area contributed by atoms with Crippen molar-refractivity contribution in [3.8, 4) is 11.4 Å². The first kappa shape index (κ1) is 28.3. The molecule has 0 saturated heterocycles. The maximum atomic E-state index is 6.55. The van der Waals surface area contributed by atoms with Gasteiger partial charge in [-0.2, -0.15) is 0 Å². The van der Waals surface area contributed by atoms with Gasteiger partial charge < -0.3 is 18.0 Å². The third-order valence-corrected chi connectivity index (χ3v) is 11.7. The minimum atomic E-state index is 0.911. The van der Waals surface area contributed by atoms with E-state index < -0.39 is 0 Å². The molecule has 250 valence electrons. The van der Waals surface area contributed by atoms with E-state index in [0.29, 0.717) is 0 Å². The van der Waals surface area contributed by atoms with Crippen LogP contribution in [0, 0.1) is 0 Å². The minimum Gasteiger partial charge on any atom is -0.455 e. The SMILES string of the molecule is c1ccc(-n2c3ccc(-n4c5ccccc5c5cc6ccc7c8ccccc8oc7c6cc54)cc3c3cc4ccc5c6ccccc6oc5c4cc32)cc1. The van der Waals surface area contributed by atoms with Crippen molar-refractivity contribution in [1.29, 1.82) is 0 Å². The summed E-state index contributed by atoms with van der Waals surface area (Å²) in [5, 5.41) is 14.0. The van der Waals surface area contributed by atoms with Crippen LogP contribution in [-0.4, -0.2) is 9.13 Å². The Morgan fingerprint density at radius 2 is 0.778 bits per heavy atom. The predicted octanol–water partition coefficient (Wildman–Crippen LogP) is 14.0. The van der Waals surface area contributed by atoms with Gasteiger partial charge in [-0.1, -0.05) is 84.9 Å². The molecule has 0 unspecified atom stereocenters. The highest BCUT2D eigenvalue weighted by atomic mass is 16.3. The quantitative estimate of drug-likeness (QED) is 0.181. The lowest BCUT2D eigenvalue weighted by atomic mass is 10.0.